The van der Waals surface area contributed by atoms with E-state index in [0.717, 1.165) is 64.9 Å². The number of ether oxygens (including phenoxy) is 1. The number of rotatable bonds is 3. The van der Waals surface area contributed by atoms with Gasteiger partial charge in [-0.1, -0.05) is 0 Å². The lowest BCUT2D eigenvalue weighted by atomic mass is 9.87. The number of methoxy groups -OCH3 is 1. The summed E-state index contributed by atoms with van der Waals surface area (Å²) in [6, 6.07) is 6.11. The molecule has 5 heterocycles. The van der Waals surface area contributed by atoms with Crippen LogP contribution in [0.3, 0.4) is 0 Å². The molecule has 1 saturated heterocycles. The van der Waals surface area contributed by atoms with Gasteiger partial charge in [0.05, 0.1) is 30.7 Å². The Kier molecular flexibility index (Phi) is 4.20. The molecule has 0 saturated carbocycles. The van der Waals surface area contributed by atoms with Crippen LogP contribution < -0.4 is 4.74 Å². The van der Waals surface area contributed by atoms with E-state index in [0.29, 0.717) is 5.92 Å². The van der Waals surface area contributed by atoms with E-state index in [1.165, 1.54) is 5.56 Å². The molecular weight excluding hydrogens is 350 g/mol. The summed E-state index contributed by atoms with van der Waals surface area (Å²) in [4.78, 5) is 19.3. The predicted molar refractivity (Wildman–Crippen MR) is 111 cm³/mol. The van der Waals surface area contributed by atoms with E-state index < -0.39 is 0 Å². The number of hydrogen-bond donors (Lipinski definition) is 1. The molecule has 5 rings (SSSR count). The molecule has 4 aromatic rings. The summed E-state index contributed by atoms with van der Waals surface area (Å²) in [6.07, 6.45) is 9.61. The van der Waals surface area contributed by atoms with Crippen molar-refractivity contribution in [1.29, 1.82) is 0 Å². The van der Waals surface area contributed by atoms with Gasteiger partial charge in [-0.2, -0.15) is 0 Å². The number of H-pyrrole nitrogens is 1. The van der Waals surface area contributed by atoms with Crippen molar-refractivity contribution in [3.05, 3.63) is 48.5 Å². The van der Waals surface area contributed by atoms with Crippen LogP contribution in [0.25, 0.3) is 33.2 Å². The van der Waals surface area contributed by atoms with E-state index >= 15 is 0 Å². The summed E-state index contributed by atoms with van der Waals surface area (Å²) in [5.74, 6) is 1.34. The van der Waals surface area contributed by atoms with Crippen molar-refractivity contribution in [2.45, 2.75) is 18.8 Å². The average molecular weight is 373 g/mol. The summed E-state index contributed by atoms with van der Waals surface area (Å²) in [5.41, 5.74) is 5.09. The maximum absolute atomic E-state index is 5.75. The lowest BCUT2D eigenvalue weighted by Crippen LogP contribution is -2.29. The molecule has 1 N–H and O–H groups in total. The molecular formula is C22H23N5O. The molecule has 1 aliphatic heterocycles. The minimum Gasteiger partial charge on any atom is -0.495 e. The molecule has 0 radical (unpaired) electrons. The second-order valence-electron chi connectivity index (χ2n) is 7.52. The van der Waals surface area contributed by atoms with Crippen LogP contribution >= 0.6 is 0 Å². The Hall–Kier alpha value is -2.99. The largest absolute Gasteiger partial charge is 0.495 e. The zero-order valence-corrected chi connectivity index (χ0v) is 16.1. The summed E-state index contributed by atoms with van der Waals surface area (Å²) in [5, 5.41) is 2.31. The Morgan fingerprint density at radius 2 is 2.00 bits per heavy atom. The van der Waals surface area contributed by atoms with Crippen molar-refractivity contribution in [1.82, 2.24) is 24.8 Å². The van der Waals surface area contributed by atoms with Gasteiger partial charge in [0.15, 0.2) is 0 Å². The van der Waals surface area contributed by atoms with Crippen LogP contribution in [-0.2, 0) is 0 Å². The Balaban J connectivity index is 1.74. The molecule has 142 valence electrons. The second kappa shape index (κ2) is 6.87. The van der Waals surface area contributed by atoms with Gasteiger partial charge in [-0.15, -0.1) is 0 Å². The molecule has 0 spiro atoms. The monoisotopic (exact) mass is 373 g/mol. The summed E-state index contributed by atoms with van der Waals surface area (Å²) < 4.78 is 5.75. The highest BCUT2D eigenvalue weighted by Crippen LogP contribution is 2.41. The Morgan fingerprint density at radius 1 is 1.14 bits per heavy atom. The van der Waals surface area contributed by atoms with E-state index in [2.05, 4.69) is 37.9 Å². The van der Waals surface area contributed by atoms with E-state index in [1.807, 2.05) is 30.7 Å². The van der Waals surface area contributed by atoms with Crippen molar-refractivity contribution in [2.75, 3.05) is 27.2 Å². The molecule has 28 heavy (non-hydrogen) atoms. The van der Waals surface area contributed by atoms with Crippen LogP contribution in [0.5, 0.6) is 5.75 Å². The van der Waals surface area contributed by atoms with E-state index in [1.54, 1.807) is 13.3 Å². The molecule has 0 aliphatic carbocycles. The number of likely N-dealkylation sites (tertiary alicyclic amines) is 1. The first-order valence-corrected chi connectivity index (χ1v) is 9.68. The van der Waals surface area contributed by atoms with Gasteiger partial charge in [0.1, 0.15) is 11.4 Å². The molecule has 0 aromatic carbocycles. The predicted octanol–water partition coefficient (Wildman–Crippen LogP) is 3.99. The van der Waals surface area contributed by atoms with Gasteiger partial charge in [0, 0.05) is 34.3 Å². The number of fused-ring (bicyclic) bond motifs is 3. The third-order valence-electron chi connectivity index (χ3n) is 5.81. The van der Waals surface area contributed by atoms with Crippen LogP contribution in [0.2, 0.25) is 0 Å². The first-order valence-electron chi connectivity index (χ1n) is 9.68. The maximum Gasteiger partial charge on any atom is 0.141 e. The average Bonchev–Trinajstić information content (AvgIpc) is 3.12. The highest BCUT2D eigenvalue weighted by Gasteiger charge is 2.26. The quantitative estimate of drug-likeness (QED) is 0.588. The Morgan fingerprint density at radius 3 is 2.75 bits per heavy atom. The fraction of sp³-hybridized carbons (Fsp3) is 0.318. The number of aromatic nitrogens is 4. The van der Waals surface area contributed by atoms with Crippen LogP contribution in [0.15, 0.2) is 43.0 Å². The molecule has 4 aromatic heterocycles. The fourth-order valence-electron chi connectivity index (χ4n) is 4.30. The van der Waals surface area contributed by atoms with Crippen LogP contribution in [-0.4, -0.2) is 52.1 Å². The lowest BCUT2D eigenvalue weighted by Gasteiger charge is -2.30. The highest BCUT2D eigenvalue weighted by molar-refractivity contribution is 6.09. The van der Waals surface area contributed by atoms with Crippen LogP contribution in [0, 0.1) is 0 Å². The van der Waals surface area contributed by atoms with Crippen molar-refractivity contribution >= 4 is 21.9 Å². The van der Waals surface area contributed by atoms with Crippen molar-refractivity contribution in [3.8, 4) is 17.0 Å². The maximum atomic E-state index is 5.75. The van der Waals surface area contributed by atoms with Gasteiger partial charge in [0.2, 0.25) is 0 Å². The van der Waals surface area contributed by atoms with Gasteiger partial charge in [-0.05, 0) is 57.1 Å². The standard InChI is InChI=1S/C22H23N5O/c1-27-8-5-14(6-9-27)20-19(28-2)13-25-22-21(20)16-10-17(24-12-18(16)26-22)15-4-3-7-23-11-15/h3-4,7,10-14H,5-6,8-9H2,1-2H3,(H,25,26). The molecule has 0 amide bonds. The molecule has 1 aliphatic rings. The van der Waals surface area contributed by atoms with Crippen molar-refractivity contribution < 1.29 is 4.74 Å². The molecule has 0 atom stereocenters. The number of piperidine rings is 1. The van der Waals surface area contributed by atoms with Gasteiger partial charge in [-0.25, -0.2) is 4.98 Å². The minimum atomic E-state index is 0.464. The number of nitrogens with zero attached hydrogens (tertiary/aromatic N) is 4. The van der Waals surface area contributed by atoms with E-state index in [-0.39, 0.29) is 0 Å². The molecule has 6 heteroatoms. The lowest BCUT2D eigenvalue weighted by molar-refractivity contribution is 0.253. The number of pyridine rings is 3. The zero-order valence-electron chi connectivity index (χ0n) is 16.1. The van der Waals surface area contributed by atoms with E-state index in [4.69, 9.17) is 4.74 Å². The number of aromatic amines is 1. The third-order valence-corrected chi connectivity index (χ3v) is 5.81. The first-order chi connectivity index (χ1) is 13.7. The zero-order chi connectivity index (χ0) is 19.1. The van der Waals surface area contributed by atoms with Crippen LogP contribution in [0.4, 0.5) is 0 Å². The molecule has 0 bridgehead atoms. The normalized spacial score (nSPS) is 16.1. The Labute approximate surface area is 163 Å². The molecule has 0 unspecified atom stereocenters. The van der Waals surface area contributed by atoms with Crippen molar-refractivity contribution in [2.24, 2.45) is 0 Å². The van der Waals surface area contributed by atoms with Gasteiger partial charge < -0.3 is 14.6 Å². The Bertz CT molecular complexity index is 1130. The second-order valence-corrected chi connectivity index (χ2v) is 7.52. The van der Waals surface area contributed by atoms with Crippen LogP contribution in [0.1, 0.15) is 24.3 Å². The van der Waals surface area contributed by atoms with Gasteiger partial charge >= 0.3 is 0 Å². The smallest absolute Gasteiger partial charge is 0.141 e. The van der Waals surface area contributed by atoms with E-state index in [9.17, 15) is 0 Å². The van der Waals surface area contributed by atoms with Crippen molar-refractivity contribution in [3.63, 3.8) is 0 Å². The first kappa shape index (κ1) is 17.1. The summed E-state index contributed by atoms with van der Waals surface area (Å²) in [6.45, 7) is 2.20. The van der Waals surface area contributed by atoms with Gasteiger partial charge in [-0.3, -0.25) is 9.97 Å². The molecule has 6 nitrogen and oxygen atoms in total. The number of hydrogen-bond acceptors (Lipinski definition) is 5. The highest BCUT2D eigenvalue weighted by atomic mass is 16.5. The third kappa shape index (κ3) is 2.81. The summed E-state index contributed by atoms with van der Waals surface area (Å²) in [7, 11) is 3.92. The SMILES string of the molecule is COc1cnc2[nH]c3cnc(-c4cccnc4)cc3c2c1C1CCN(C)CC1. The molecule has 1 fully saturated rings. The summed E-state index contributed by atoms with van der Waals surface area (Å²) >= 11 is 0. The number of nitrogens with one attached hydrogen (secondary N) is 1. The van der Waals surface area contributed by atoms with Gasteiger partial charge in [0.25, 0.3) is 0 Å². The fourth-order valence-corrected chi connectivity index (χ4v) is 4.30. The topological polar surface area (TPSA) is 66.9 Å². The minimum absolute atomic E-state index is 0.464.